The van der Waals surface area contributed by atoms with Crippen molar-refractivity contribution in [3.05, 3.63) is 59.4 Å². The van der Waals surface area contributed by atoms with Crippen LogP contribution in [0.15, 0.2) is 42.6 Å². The van der Waals surface area contributed by atoms with Gasteiger partial charge in [0.1, 0.15) is 0 Å². The molecule has 0 saturated carbocycles. The highest BCUT2D eigenvalue weighted by Gasteiger charge is 2.08. The number of benzene rings is 1. The molecule has 2 rings (SSSR count). The third kappa shape index (κ3) is 11.2. The van der Waals surface area contributed by atoms with E-state index in [9.17, 15) is 3.89 Å². The lowest BCUT2D eigenvalue weighted by atomic mass is 10.2. The van der Waals surface area contributed by atoms with Gasteiger partial charge in [0.25, 0.3) is 0 Å². The monoisotopic (exact) mass is 434 g/mol. The third-order valence-corrected chi connectivity index (χ3v) is 4.32. The number of aliphatic hydroxyl groups excluding tert-OH is 1. The van der Waals surface area contributed by atoms with Crippen molar-refractivity contribution in [2.75, 3.05) is 38.0 Å². The van der Waals surface area contributed by atoms with E-state index in [1.807, 2.05) is 83.1 Å². The highest BCUT2D eigenvalue weighted by molar-refractivity contribution is 7.94. The number of anilines is 1. The summed E-state index contributed by atoms with van der Waals surface area (Å²) < 4.78 is 17.7. The van der Waals surface area contributed by atoms with E-state index >= 15 is 0 Å². The Labute approximate surface area is 186 Å². The topological polar surface area (TPSA) is 45.6 Å². The summed E-state index contributed by atoms with van der Waals surface area (Å²) in [5.74, 6) is 6.24. The summed E-state index contributed by atoms with van der Waals surface area (Å²) in [6, 6.07) is 11.8. The quantitative estimate of drug-likeness (QED) is 0.568. The normalized spacial score (nSPS) is 10.4. The molecule has 0 bridgehead atoms. The van der Waals surface area contributed by atoms with E-state index in [1.165, 1.54) is 0 Å². The first-order valence-corrected chi connectivity index (χ1v) is 11.2. The lowest BCUT2D eigenvalue weighted by Gasteiger charge is -2.11. The van der Waals surface area contributed by atoms with Crippen LogP contribution >= 0.6 is 12.1 Å². The summed E-state index contributed by atoms with van der Waals surface area (Å²) in [5, 5.41) is 9.09. The second-order valence-electron chi connectivity index (χ2n) is 6.07. The van der Waals surface area contributed by atoms with Crippen molar-refractivity contribution in [1.82, 2.24) is 4.98 Å². The maximum absolute atomic E-state index is 12.2. The molecule has 0 aliphatic heterocycles. The standard InChI is InChI=1S/C20H23FN2O2S.2C2H6/c1-23(2)20-9-6-16(7-10-20)3-4-17-5-8-19(22-11-17)14-25-13-18(12-24)15-26-21;2*1-2/h5-11,18,24H,12-15H2,1-2H3;2*1-2H3. The average Bonchev–Trinajstić information content (AvgIpc) is 2.81. The molecule has 0 amide bonds. The first-order chi connectivity index (χ1) is 14.6. The number of ether oxygens (including phenoxy) is 1. The van der Waals surface area contributed by atoms with Gasteiger partial charge in [-0.05, 0) is 36.4 Å². The molecular weight excluding hydrogens is 399 g/mol. The van der Waals surface area contributed by atoms with Gasteiger partial charge in [0.2, 0.25) is 0 Å². The van der Waals surface area contributed by atoms with Gasteiger partial charge in [0, 0.05) is 67.5 Å². The van der Waals surface area contributed by atoms with E-state index in [0.717, 1.165) is 22.5 Å². The molecule has 166 valence electrons. The Morgan fingerprint density at radius 2 is 1.63 bits per heavy atom. The second kappa shape index (κ2) is 17.8. The Morgan fingerprint density at radius 3 is 2.13 bits per heavy atom. The Hall–Kier alpha value is -2.07. The lowest BCUT2D eigenvalue weighted by Crippen LogP contribution is -2.16. The minimum absolute atomic E-state index is 0.0889. The Bertz CT molecular complexity index is 726. The van der Waals surface area contributed by atoms with Gasteiger partial charge in [-0.15, -0.1) is 0 Å². The molecule has 1 heterocycles. The number of aliphatic hydroxyl groups is 1. The van der Waals surface area contributed by atoms with E-state index in [4.69, 9.17) is 9.84 Å². The van der Waals surface area contributed by atoms with E-state index in [-0.39, 0.29) is 30.4 Å². The van der Waals surface area contributed by atoms with Crippen LogP contribution in [0.3, 0.4) is 0 Å². The molecule has 2 aromatic rings. The number of aromatic nitrogens is 1. The molecule has 0 aliphatic rings. The van der Waals surface area contributed by atoms with Gasteiger partial charge in [-0.1, -0.05) is 39.5 Å². The highest BCUT2D eigenvalue weighted by Crippen LogP contribution is 2.12. The number of hydrogen-bond acceptors (Lipinski definition) is 5. The molecule has 30 heavy (non-hydrogen) atoms. The van der Waals surface area contributed by atoms with Crippen LogP contribution in [0.25, 0.3) is 0 Å². The number of pyridine rings is 1. The van der Waals surface area contributed by atoms with Gasteiger partial charge in [0.05, 0.1) is 18.9 Å². The molecule has 0 saturated heterocycles. The van der Waals surface area contributed by atoms with Crippen molar-refractivity contribution in [3.63, 3.8) is 0 Å². The Morgan fingerprint density at radius 1 is 1.03 bits per heavy atom. The number of halogens is 1. The largest absolute Gasteiger partial charge is 0.396 e. The summed E-state index contributed by atoms with van der Waals surface area (Å²) in [5.41, 5.74) is 3.68. The number of rotatable bonds is 8. The zero-order valence-electron chi connectivity index (χ0n) is 19.0. The summed E-state index contributed by atoms with van der Waals surface area (Å²) in [6.45, 7) is 8.54. The zero-order chi connectivity index (χ0) is 22.8. The minimum atomic E-state index is -0.200. The Kier molecular flexibility index (Phi) is 16.5. The summed E-state index contributed by atoms with van der Waals surface area (Å²) >= 11 is 0.215. The molecule has 0 radical (unpaired) electrons. The molecule has 1 aromatic carbocycles. The molecular formula is C24H35FN2O2S. The average molecular weight is 435 g/mol. The van der Waals surface area contributed by atoms with E-state index in [0.29, 0.717) is 13.2 Å². The van der Waals surface area contributed by atoms with Gasteiger partial charge in [-0.3, -0.25) is 4.98 Å². The van der Waals surface area contributed by atoms with Gasteiger partial charge in [0.15, 0.2) is 0 Å². The predicted molar refractivity (Wildman–Crippen MR) is 127 cm³/mol. The molecule has 0 aliphatic carbocycles. The fraction of sp³-hybridized carbons (Fsp3) is 0.458. The van der Waals surface area contributed by atoms with Crippen molar-refractivity contribution < 1.29 is 13.7 Å². The molecule has 4 nitrogen and oxygen atoms in total. The smallest absolute Gasteiger partial charge is 0.0888 e. The van der Waals surface area contributed by atoms with Crippen molar-refractivity contribution in [2.45, 2.75) is 34.3 Å². The van der Waals surface area contributed by atoms with Crippen LogP contribution in [0.1, 0.15) is 44.5 Å². The highest BCUT2D eigenvalue weighted by atomic mass is 32.2. The zero-order valence-corrected chi connectivity index (χ0v) is 19.8. The second-order valence-corrected chi connectivity index (χ2v) is 6.62. The van der Waals surface area contributed by atoms with Crippen LogP contribution < -0.4 is 4.90 Å². The lowest BCUT2D eigenvalue weighted by molar-refractivity contribution is 0.0694. The van der Waals surface area contributed by atoms with Crippen molar-refractivity contribution in [3.8, 4) is 11.8 Å². The summed E-state index contributed by atoms with van der Waals surface area (Å²) in [7, 11) is 4.00. The van der Waals surface area contributed by atoms with Crippen molar-refractivity contribution >= 4 is 17.8 Å². The SMILES string of the molecule is CC.CC.CN(C)c1ccc(C#Cc2ccc(COCC(CO)CSF)nc2)cc1. The van der Waals surface area contributed by atoms with Crippen LogP contribution in [0.2, 0.25) is 0 Å². The first-order valence-electron chi connectivity index (χ1n) is 10.3. The fourth-order valence-electron chi connectivity index (χ4n) is 2.14. The molecule has 1 aromatic heterocycles. The van der Waals surface area contributed by atoms with Gasteiger partial charge in [-0.2, -0.15) is 3.89 Å². The molecule has 1 atom stereocenters. The van der Waals surface area contributed by atoms with Gasteiger partial charge in [-0.25, -0.2) is 0 Å². The minimum Gasteiger partial charge on any atom is -0.396 e. The van der Waals surface area contributed by atoms with Gasteiger partial charge >= 0.3 is 0 Å². The number of nitrogens with zero attached hydrogens (tertiary/aromatic N) is 2. The maximum atomic E-state index is 12.2. The third-order valence-electron chi connectivity index (χ3n) is 3.72. The molecule has 6 heteroatoms. The van der Waals surface area contributed by atoms with Crippen LogP contribution in [-0.4, -0.2) is 43.2 Å². The van der Waals surface area contributed by atoms with Crippen LogP contribution in [0, 0.1) is 17.8 Å². The van der Waals surface area contributed by atoms with Crippen molar-refractivity contribution in [1.29, 1.82) is 0 Å². The molecule has 0 fully saturated rings. The fourth-order valence-corrected chi connectivity index (χ4v) is 2.52. The first kappa shape index (κ1) is 27.9. The van der Waals surface area contributed by atoms with Crippen LogP contribution in [0.5, 0.6) is 0 Å². The van der Waals surface area contributed by atoms with E-state index in [2.05, 4.69) is 16.8 Å². The maximum Gasteiger partial charge on any atom is 0.0888 e. The summed E-state index contributed by atoms with van der Waals surface area (Å²) in [6.07, 6.45) is 1.71. The molecule has 0 spiro atoms. The van der Waals surface area contributed by atoms with E-state index < -0.39 is 0 Å². The molecule has 1 N–H and O–H groups in total. The van der Waals surface area contributed by atoms with Crippen LogP contribution in [-0.2, 0) is 11.3 Å². The van der Waals surface area contributed by atoms with Crippen molar-refractivity contribution in [2.24, 2.45) is 5.92 Å². The molecule has 1 unspecified atom stereocenters. The Balaban J connectivity index is 0.00000198. The van der Waals surface area contributed by atoms with E-state index in [1.54, 1.807) is 6.20 Å². The van der Waals surface area contributed by atoms with Gasteiger partial charge < -0.3 is 14.7 Å². The predicted octanol–water partition coefficient (Wildman–Crippen LogP) is 5.34. The number of hydrogen-bond donors (Lipinski definition) is 1. The van der Waals surface area contributed by atoms with Crippen LogP contribution in [0.4, 0.5) is 9.57 Å². The summed E-state index contributed by atoms with van der Waals surface area (Å²) in [4.78, 5) is 6.36.